The van der Waals surface area contributed by atoms with Gasteiger partial charge in [0.1, 0.15) is 11.9 Å². The average molecular weight is 492 g/mol. The minimum atomic E-state index is -0.807. The van der Waals surface area contributed by atoms with E-state index in [1.54, 1.807) is 24.3 Å². The van der Waals surface area contributed by atoms with Gasteiger partial charge in [-0.05, 0) is 67.0 Å². The third-order valence-corrected chi connectivity index (χ3v) is 6.55. The van der Waals surface area contributed by atoms with Crippen molar-refractivity contribution in [3.63, 3.8) is 0 Å². The van der Waals surface area contributed by atoms with E-state index in [9.17, 15) is 9.59 Å². The van der Waals surface area contributed by atoms with Gasteiger partial charge in [-0.25, -0.2) is 9.78 Å². The number of carbonyl (C=O) groups is 2. The minimum absolute atomic E-state index is 0.322. The molecule has 2 heterocycles. The second-order valence-corrected chi connectivity index (χ2v) is 9.15. The molecule has 0 fully saturated rings. The van der Waals surface area contributed by atoms with Crippen molar-refractivity contribution < 1.29 is 14.3 Å². The highest BCUT2D eigenvalue weighted by atomic mass is 35.5. The summed E-state index contributed by atoms with van der Waals surface area (Å²) in [6, 6.07) is 18.4. The van der Waals surface area contributed by atoms with E-state index in [-0.39, 0.29) is 0 Å². The van der Waals surface area contributed by atoms with Crippen LogP contribution in [0.5, 0.6) is 0 Å². The number of nitrogens with one attached hydrogen (secondary N) is 2. The van der Waals surface area contributed by atoms with Gasteiger partial charge < -0.3 is 15.4 Å². The van der Waals surface area contributed by atoms with Crippen molar-refractivity contribution in [1.29, 1.82) is 0 Å². The Bertz CT molecular complexity index is 1180. The van der Waals surface area contributed by atoms with E-state index in [4.69, 9.17) is 21.3 Å². The lowest BCUT2D eigenvalue weighted by atomic mass is 10.0. The number of hydrogen-bond acceptors (Lipinski definition) is 5. The first-order valence-corrected chi connectivity index (χ1v) is 12.3. The Kier molecular flexibility index (Phi) is 8.37. The molecule has 35 heavy (non-hydrogen) atoms. The Labute approximate surface area is 211 Å². The van der Waals surface area contributed by atoms with Crippen molar-refractivity contribution in [3.05, 3.63) is 93.6 Å². The zero-order valence-electron chi connectivity index (χ0n) is 19.9. The fourth-order valence-electron chi connectivity index (χ4n) is 4.28. The number of nitrogens with zero attached hydrogens (tertiary/aromatic N) is 1. The molecule has 182 valence electrons. The molecule has 1 aliphatic rings. The van der Waals surface area contributed by atoms with Gasteiger partial charge in [0.15, 0.2) is 0 Å². The molecule has 3 aromatic rings. The molecule has 0 saturated heterocycles. The minimum Gasteiger partial charge on any atom is -0.467 e. The first-order chi connectivity index (χ1) is 17.0. The maximum absolute atomic E-state index is 12.6. The highest BCUT2D eigenvalue weighted by Crippen LogP contribution is 2.21. The summed E-state index contributed by atoms with van der Waals surface area (Å²) in [6.07, 6.45) is 5.46. The standard InChI is InChI=1S/C28H30ClN3O3/c1-35-28(34)25(32-27(33)23-9-2-3-10-24(23)29)18-20-13-11-19(12-14-20)6-4-8-22-16-15-21-7-5-17-30-26(21)31-22/h2-3,9-16,25H,4-8,17-18H2,1H3,(H,30,31)(H,32,33). The highest BCUT2D eigenvalue weighted by Gasteiger charge is 2.23. The summed E-state index contributed by atoms with van der Waals surface area (Å²) in [5, 5.41) is 6.48. The number of aryl methyl sites for hydroxylation is 3. The number of hydrogen-bond donors (Lipinski definition) is 2. The number of pyridine rings is 1. The Balaban J connectivity index is 1.32. The summed E-state index contributed by atoms with van der Waals surface area (Å²) < 4.78 is 4.91. The number of methoxy groups -OCH3 is 1. The molecular formula is C28H30ClN3O3. The van der Waals surface area contributed by atoms with E-state index in [0.717, 1.165) is 55.7 Å². The SMILES string of the molecule is COC(=O)C(Cc1ccc(CCCc2ccc3c(n2)NCCC3)cc1)NC(=O)c1ccccc1Cl. The molecule has 1 amide bonds. The first kappa shape index (κ1) is 24.7. The molecule has 1 atom stereocenters. The Morgan fingerprint density at radius 2 is 1.83 bits per heavy atom. The number of fused-ring (bicyclic) bond motifs is 1. The number of anilines is 1. The van der Waals surface area contributed by atoms with E-state index in [1.807, 2.05) is 12.1 Å². The van der Waals surface area contributed by atoms with Crippen LogP contribution in [0.2, 0.25) is 5.02 Å². The predicted molar refractivity (Wildman–Crippen MR) is 138 cm³/mol. The predicted octanol–water partition coefficient (Wildman–Crippen LogP) is 4.78. The molecule has 0 saturated carbocycles. The van der Waals surface area contributed by atoms with E-state index in [1.165, 1.54) is 18.2 Å². The van der Waals surface area contributed by atoms with Gasteiger partial charge in [-0.2, -0.15) is 0 Å². The number of amides is 1. The molecule has 2 aromatic carbocycles. The Morgan fingerprint density at radius 1 is 1.06 bits per heavy atom. The third kappa shape index (κ3) is 6.61. The van der Waals surface area contributed by atoms with Crippen molar-refractivity contribution in [1.82, 2.24) is 10.3 Å². The molecule has 0 bridgehead atoms. The summed E-state index contributed by atoms with van der Waals surface area (Å²) in [7, 11) is 1.31. The number of esters is 1. The maximum Gasteiger partial charge on any atom is 0.328 e. The summed E-state index contributed by atoms with van der Waals surface area (Å²) in [4.78, 5) is 29.7. The molecule has 1 aromatic heterocycles. The van der Waals surface area contributed by atoms with Crippen LogP contribution in [0.1, 0.15) is 45.6 Å². The topological polar surface area (TPSA) is 80.3 Å². The second-order valence-electron chi connectivity index (χ2n) is 8.74. The van der Waals surface area contributed by atoms with Crippen LogP contribution in [0.3, 0.4) is 0 Å². The maximum atomic E-state index is 12.6. The Hall–Kier alpha value is -3.38. The monoisotopic (exact) mass is 491 g/mol. The molecule has 4 rings (SSSR count). The van der Waals surface area contributed by atoms with Crippen LogP contribution in [-0.2, 0) is 35.2 Å². The molecule has 6 nitrogen and oxygen atoms in total. The number of rotatable bonds is 9. The second kappa shape index (κ2) is 11.8. The molecule has 2 N–H and O–H groups in total. The summed E-state index contributed by atoms with van der Waals surface area (Å²) >= 11 is 6.12. The van der Waals surface area contributed by atoms with Crippen LogP contribution in [-0.4, -0.2) is 36.6 Å². The molecule has 1 unspecified atom stereocenters. The molecule has 0 aliphatic carbocycles. The van der Waals surface area contributed by atoms with E-state index in [0.29, 0.717) is 17.0 Å². The summed E-state index contributed by atoms with van der Waals surface area (Å²) in [5.74, 6) is 0.134. The van der Waals surface area contributed by atoms with E-state index < -0.39 is 17.9 Å². The number of carbonyl (C=O) groups excluding carboxylic acids is 2. The lowest BCUT2D eigenvalue weighted by molar-refractivity contribution is -0.142. The quantitative estimate of drug-likeness (QED) is 0.421. The average Bonchev–Trinajstić information content (AvgIpc) is 2.89. The van der Waals surface area contributed by atoms with Crippen LogP contribution >= 0.6 is 11.6 Å². The largest absolute Gasteiger partial charge is 0.467 e. The summed E-state index contributed by atoms with van der Waals surface area (Å²) in [6.45, 7) is 0.996. The van der Waals surface area contributed by atoms with Gasteiger partial charge in [0, 0.05) is 18.7 Å². The van der Waals surface area contributed by atoms with Gasteiger partial charge in [0.2, 0.25) is 0 Å². The zero-order chi connectivity index (χ0) is 24.6. The van der Waals surface area contributed by atoms with Crippen molar-refractivity contribution in [3.8, 4) is 0 Å². The fraction of sp³-hybridized carbons (Fsp3) is 0.321. The van der Waals surface area contributed by atoms with Gasteiger partial charge in [-0.3, -0.25) is 4.79 Å². The van der Waals surface area contributed by atoms with Gasteiger partial charge in [0.25, 0.3) is 5.91 Å². The van der Waals surface area contributed by atoms with Crippen molar-refractivity contribution in [2.24, 2.45) is 0 Å². The van der Waals surface area contributed by atoms with Crippen LogP contribution in [0.15, 0.2) is 60.7 Å². The number of benzene rings is 2. The molecule has 7 heteroatoms. The van der Waals surface area contributed by atoms with Gasteiger partial charge in [0.05, 0.1) is 17.7 Å². The molecular weight excluding hydrogens is 462 g/mol. The fourth-order valence-corrected chi connectivity index (χ4v) is 4.50. The van der Waals surface area contributed by atoms with Crippen molar-refractivity contribution >= 4 is 29.3 Å². The molecule has 0 spiro atoms. The first-order valence-electron chi connectivity index (χ1n) is 12.0. The number of ether oxygens (including phenoxy) is 1. The third-order valence-electron chi connectivity index (χ3n) is 6.22. The van der Waals surface area contributed by atoms with Gasteiger partial charge in [-0.1, -0.05) is 54.1 Å². The van der Waals surface area contributed by atoms with Crippen LogP contribution in [0.4, 0.5) is 5.82 Å². The van der Waals surface area contributed by atoms with Gasteiger partial charge >= 0.3 is 5.97 Å². The normalized spacial score (nSPS) is 13.3. The van der Waals surface area contributed by atoms with E-state index in [2.05, 4.69) is 34.9 Å². The smallest absolute Gasteiger partial charge is 0.328 e. The highest BCUT2D eigenvalue weighted by molar-refractivity contribution is 6.33. The van der Waals surface area contributed by atoms with Gasteiger partial charge in [-0.15, -0.1) is 0 Å². The zero-order valence-corrected chi connectivity index (χ0v) is 20.6. The van der Waals surface area contributed by atoms with Crippen LogP contribution < -0.4 is 10.6 Å². The van der Waals surface area contributed by atoms with Crippen molar-refractivity contribution in [2.45, 2.75) is 44.6 Å². The van der Waals surface area contributed by atoms with Crippen molar-refractivity contribution in [2.75, 3.05) is 19.0 Å². The van der Waals surface area contributed by atoms with Crippen LogP contribution in [0.25, 0.3) is 0 Å². The van der Waals surface area contributed by atoms with Crippen LogP contribution in [0, 0.1) is 0 Å². The Morgan fingerprint density at radius 3 is 2.60 bits per heavy atom. The lowest BCUT2D eigenvalue weighted by Gasteiger charge is -2.17. The lowest BCUT2D eigenvalue weighted by Crippen LogP contribution is -2.43. The molecule has 0 radical (unpaired) electrons. The number of halogens is 1. The molecule has 1 aliphatic heterocycles. The van der Waals surface area contributed by atoms with E-state index >= 15 is 0 Å². The number of aromatic nitrogens is 1. The summed E-state index contributed by atoms with van der Waals surface area (Å²) in [5.41, 5.74) is 4.90.